The van der Waals surface area contributed by atoms with E-state index in [2.05, 4.69) is 10.6 Å². The van der Waals surface area contributed by atoms with Gasteiger partial charge in [0.25, 0.3) is 11.8 Å². The van der Waals surface area contributed by atoms with E-state index in [9.17, 15) is 14.4 Å². The number of allylic oxidation sites excluding steroid dienone is 1. The molecular formula is C15H14N2O5. The van der Waals surface area contributed by atoms with Gasteiger partial charge in [-0.2, -0.15) is 0 Å². The maximum absolute atomic E-state index is 12.0. The molecule has 1 fully saturated rings. The van der Waals surface area contributed by atoms with Crippen molar-refractivity contribution >= 4 is 23.4 Å². The minimum absolute atomic E-state index is 0.0226. The van der Waals surface area contributed by atoms with E-state index in [1.165, 1.54) is 7.11 Å². The van der Waals surface area contributed by atoms with Gasteiger partial charge in [0.1, 0.15) is 5.57 Å². The second-order valence-corrected chi connectivity index (χ2v) is 4.96. The monoisotopic (exact) mass is 302 g/mol. The fraction of sp³-hybridized carbons (Fsp3) is 0.267. The van der Waals surface area contributed by atoms with Crippen LogP contribution in [0.3, 0.4) is 0 Å². The molecule has 1 aliphatic carbocycles. The Hall–Kier alpha value is -2.83. The number of barbiturate groups is 1. The molecule has 3 rings (SSSR count). The number of imide groups is 2. The van der Waals surface area contributed by atoms with Crippen LogP contribution in [-0.4, -0.2) is 32.1 Å². The zero-order valence-corrected chi connectivity index (χ0v) is 12.1. The van der Waals surface area contributed by atoms with E-state index in [0.29, 0.717) is 29.9 Å². The van der Waals surface area contributed by atoms with Crippen LogP contribution in [0.1, 0.15) is 17.5 Å². The Kier molecular flexibility index (Phi) is 3.32. The van der Waals surface area contributed by atoms with E-state index in [1.54, 1.807) is 13.2 Å². The highest BCUT2D eigenvalue weighted by atomic mass is 16.5. The van der Waals surface area contributed by atoms with Crippen molar-refractivity contribution in [2.24, 2.45) is 0 Å². The molecule has 0 atom stereocenters. The summed E-state index contributed by atoms with van der Waals surface area (Å²) in [5, 5.41) is 4.19. The minimum atomic E-state index is -0.801. The number of aryl methyl sites for hydroxylation is 1. The smallest absolute Gasteiger partial charge is 0.328 e. The summed E-state index contributed by atoms with van der Waals surface area (Å²) in [6, 6.07) is 2.79. The predicted octanol–water partition coefficient (Wildman–Crippen LogP) is 0.770. The first-order valence-electron chi connectivity index (χ1n) is 6.70. The molecule has 7 nitrogen and oxygen atoms in total. The molecule has 1 aromatic carbocycles. The lowest BCUT2D eigenvalue weighted by atomic mass is 9.99. The van der Waals surface area contributed by atoms with Crippen LogP contribution in [0.15, 0.2) is 17.7 Å². The van der Waals surface area contributed by atoms with Crippen molar-refractivity contribution in [2.75, 3.05) is 14.2 Å². The number of hydrogen-bond acceptors (Lipinski definition) is 5. The van der Waals surface area contributed by atoms with Crippen molar-refractivity contribution < 1.29 is 23.9 Å². The highest BCUT2D eigenvalue weighted by molar-refractivity contribution is 6.32. The molecule has 0 aromatic heterocycles. The van der Waals surface area contributed by atoms with Crippen molar-refractivity contribution in [3.8, 4) is 11.5 Å². The average Bonchev–Trinajstić information content (AvgIpc) is 2.87. The molecule has 0 unspecified atom stereocenters. The number of carbonyl (C=O) groups excluding carboxylic acids is 3. The summed E-state index contributed by atoms with van der Waals surface area (Å²) >= 11 is 0. The molecule has 114 valence electrons. The van der Waals surface area contributed by atoms with Gasteiger partial charge in [0.05, 0.1) is 14.2 Å². The zero-order chi connectivity index (χ0) is 15.9. The lowest BCUT2D eigenvalue weighted by Crippen LogP contribution is -2.51. The van der Waals surface area contributed by atoms with E-state index in [4.69, 9.17) is 9.47 Å². The molecular weight excluding hydrogens is 288 g/mol. The van der Waals surface area contributed by atoms with Gasteiger partial charge in [-0.1, -0.05) is 0 Å². The summed E-state index contributed by atoms with van der Waals surface area (Å²) in [4.78, 5) is 35.1. The first-order valence-corrected chi connectivity index (χ1v) is 6.70. The lowest BCUT2D eigenvalue weighted by molar-refractivity contribution is -0.123. The molecule has 22 heavy (non-hydrogen) atoms. The Bertz CT molecular complexity index is 714. The van der Waals surface area contributed by atoms with Crippen LogP contribution in [-0.2, 0) is 16.0 Å². The highest BCUT2D eigenvalue weighted by Gasteiger charge is 2.34. The zero-order valence-electron chi connectivity index (χ0n) is 12.1. The van der Waals surface area contributed by atoms with Crippen molar-refractivity contribution in [3.05, 3.63) is 28.8 Å². The van der Waals surface area contributed by atoms with Crippen molar-refractivity contribution in [1.29, 1.82) is 0 Å². The van der Waals surface area contributed by atoms with Crippen LogP contribution < -0.4 is 20.1 Å². The van der Waals surface area contributed by atoms with Gasteiger partial charge in [0, 0.05) is 0 Å². The largest absolute Gasteiger partial charge is 0.493 e. The number of rotatable bonds is 2. The van der Waals surface area contributed by atoms with Crippen LogP contribution in [0, 0.1) is 0 Å². The Labute approximate surface area is 126 Å². The molecule has 7 heteroatoms. The molecule has 2 aliphatic rings. The molecule has 0 spiro atoms. The average molecular weight is 302 g/mol. The number of fused-ring (bicyclic) bond motifs is 1. The van der Waals surface area contributed by atoms with Crippen molar-refractivity contribution in [1.82, 2.24) is 10.6 Å². The first-order chi connectivity index (χ1) is 10.5. The van der Waals surface area contributed by atoms with E-state index >= 15 is 0 Å². The topological polar surface area (TPSA) is 93.7 Å². The van der Waals surface area contributed by atoms with Gasteiger partial charge in [-0.25, -0.2) is 4.79 Å². The summed E-state index contributed by atoms with van der Waals surface area (Å²) in [5.41, 5.74) is 2.33. The Morgan fingerprint density at radius 1 is 0.909 bits per heavy atom. The number of nitrogens with one attached hydrogen (secondary N) is 2. The Morgan fingerprint density at radius 2 is 1.50 bits per heavy atom. The van der Waals surface area contributed by atoms with Crippen LogP contribution >= 0.6 is 0 Å². The molecule has 0 bridgehead atoms. The van der Waals surface area contributed by atoms with Crippen LogP contribution in [0.5, 0.6) is 11.5 Å². The second kappa shape index (κ2) is 5.18. The third kappa shape index (κ3) is 2.11. The molecule has 1 aliphatic heterocycles. The van der Waals surface area contributed by atoms with Crippen molar-refractivity contribution in [2.45, 2.75) is 12.8 Å². The minimum Gasteiger partial charge on any atom is -0.493 e. The van der Waals surface area contributed by atoms with Gasteiger partial charge in [0.2, 0.25) is 0 Å². The molecule has 4 amide bonds. The predicted molar refractivity (Wildman–Crippen MR) is 76.5 cm³/mol. The SMILES string of the molecule is COc1cc2c(cc1OC)C(=C1C(=O)NC(=O)NC1=O)CC2. The number of urea groups is 1. The third-order valence-electron chi connectivity index (χ3n) is 3.79. The van der Waals surface area contributed by atoms with Gasteiger partial charge in [-0.3, -0.25) is 20.2 Å². The molecule has 2 N–H and O–H groups in total. The van der Waals surface area contributed by atoms with Gasteiger partial charge in [0.15, 0.2) is 11.5 Å². The van der Waals surface area contributed by atoms with Crippen LogP contribution in [0.4, 0.5) is 4.79 Å². The summed E-state index contributed by atoms with van der Waals surface area (Å²) < 4.78 is 10.5. The number of carbonyl (C=O) groups is 3. The molecule has 0 saturated carbocycles. The maximum atomic E-state index is 12.0. The first kappa shape index (κ1) is 14.1. The number of methoxy groups -OCH3 is 2. The van der Waals surface area contributed by atoms with Crippen LogP contribution in [0.25, 0.3) is 5.57 Å². The third-order valence-corrected chi connectivity index (χ3v) is 3.79. The quantitative estimate of drug-likeness (QED) is 0.621. The van der Waals surface area contributed by atoms with Crippen LogP contribution in [0.2, 0.25) is 0 Å². The van der Waals surface area contributed by atoms with Gasteiger partial charge >= 0.3 is 6.03 Å². The van der Waals surface area contributed by atoms with E-state index in [0.717, 1.165) is 11.1 Å². The van der Waals surface area contributed by atoms with E-state index in [-0.39, 0.29) is 5.57 Å². The number of hydrogen-bond donors (Lipinski definition) is 2. The normalized spacial score (nSPS) is 17.1. The molecule has 1 saturated heterocycles. The van der Waals surface area contributed by atoms with Gasteiger partial charge in [-0.15, -0.1) is 0 Å². The summed E-state index contributed by atoms with van der Waals surface area (Å²) in [6.07, 6.45) is 1.22. The lowest BCUT2D eigenvalue weighted by Gasteiger charge is -2.17. The summed E-state index contributed by atoms with van der Waals surface area (Å²) in [6.45, 7) is 0. The standard InChI is InChI=1S/C15H14N2O5/c1-21-10-5-7-3-4-8(9(7)6-11(10)22-2)12-13(18)16-15(20)17-14(12)19/h5-6H,3-4H2,1-2H3,(H2,16,17,18,19,20). The van der Waals surface area contributed by atoms with E-state index in [1.807, 2.05) is 6.07 Å². The van der Waals surface area contributed by atoms with Gasteiger partial charge < -0.3 is 9.47 Å². The van der Waals surface area contributed by atoms with E-state index < -0.39 is 17.8 Å². The highest BCUT2D eigenvalue weighted by Crippen LogP contribution is 2.41. The maximum Gasteiger partial charge on any atom is 0.328 e. The molecule has 1 aromatic rings. The molecule has 1 heterocycles. The number of ether oxygens (including phenoxy) is 2. The second-order valence-electron chi connectivity index (χ2n) is 4.96. The number of amides is 4. The number of benzene rings is 1. The molecule has 0 radical (unpaired) electrons. The fourth-order valence-corrected chi connectivity index (χ4v) is 2.80. The fourth-order valence-electron chi connectivity index (χ4n) is 2.80. The Balaban J connectivity index is 2.14. The summed E-state index contributed by atoms with van der Waals surface area (Å²) in [5.74, 6) is -0.230. The summed E-state index contributed by atoms with van der Waals surface area (Å²) in [7, 11) is 3.07. The van der Waals surface area contributed by atoms with Crippen molar-refractivity contribution in [3.63, 3.8) is 0 Å². The van der Waals surface area contributed by atoms with Gasteiger partial charge in [-0.05, 0) is 41.7 Å². The Morgan fingerprint density at radius 3 is 2.09 bits per heavy atom.